The molecule has 0 aromatic heterocycles. The van der Waals surface area contributed by atoms with E-state index in [0.29, 0.717) is 12.3 Å². The molecule has 0 spiro atoms. The van der Waals surface area contributed by atoms with E-state index in [2.05, 4.69) is 23.8 Å². The SMILES string of the molecule is CCCCCC(O)C=C[C@H]1C(O)CC[C@@H]1CC=CCCCC(=O)OC. The number of unbranched alkanes of at least 4 members (excludes halogenated alkanes) is 3. The monoisotopic (exact) mass is 352 g/mol. The minimum atomic E-state index is -0.395. The van der Waals surface area contributed by atoms with Gasteiger partial charge >= 0.3 is 5.97 Å². The lowest BCUT2D eigenvalue weighted by atomic mass is 9.90. The van der Waals surface area contributed by atoms with Gasteiger partial charge in [0.15, 0.2) is 0 Å². The number of carbonyl (C=O) groups is 1. The molecule has 1 aliphatic rings. The van der Waals surface area contributed by atoms with Gasteiger partial charge in [0, 0.05) is 12.3 Å². The van der Waals surface area contributed by atoms with Crippen LogP contribution in [0.1, 0.15) is 71.1 Å². The molecule has 1 saturated carbocycles. The van der Waals surface area contributed by atoms with Crippen LogP contribution >= 0.6 is 0 Å². The number of aliphatic hydroxyl groups is 2. The Hall–Kier alpha value is -1.13. The molecule has 0 heterocycles. The number of hydrogen-bond donors (Lipinski definition) is 2. The zero-order chi connectivity index (χ0) is 18.5. The first-order valence-electron chi connectivity index (χ1n) is 9.84. The minimum absolute atomic E-state index is 0.139. The van der Waals surface area contributed by atoms with E-state index in [1.165, 1.54) is 7.11 Å². The summed E-state index contributed by atoms with van der Waals surface area (Å²) in [6, 6.07) is 0. The second-order valence-corrected chi connectivity index (χ2v) is 7.11. The van der Waals surface area contributed by atoms with Crippen molar-refractivity contribution in [2.75, 3.05) is 7.11 Å². The summed E-state index contributed by atoms with van der Waals surface area (Å²) in [7, 11) is 1.41. The number of aliphatic hydroxyl groups excluding tert-OH is 2. The van der Waals surface area contributed by atoms with Crippen LogP contribution in [0, 0.1) is 11.8 Å². The lowest BCUT2D eigenvalue weighted by Gasteiger charge is -2.18. The third-order valence-electron chi connectivity index (χ3n) is 5.07. The zero-order valence-electron chi connectivity index (χ0n) is 15.9. The van der Waals surface area contributed by atoms with Gasteiger partial charge in [-0.3, -0.25) is 4.79 Å². The summed E-state index contributed by atoms with van der Waals surface area (Å²) in [5, 5.41) is 20.2. The fourth-order valence-corrected chi connectivity index (χ4v) is 3.46. The molecular formula is C21H36O4. The van der Waals surface area contributed by atoms with Crippen molar-refractivity contribution in [2.45, 2.75) is 83.3 Å². The lowest BCUT2D eigenvalue weighted by molar-refractivity contribution is -0.140. The summed E-state index contributed by atoms with van der Waals surface area (Å²) in [6.45, 7) is 2.16. The van der Waals surface area contributed by atoms with Gasteiger partial charge in [0.2, 0.25) is 0 Å². The molecule has 0 bridgehead atoms. The molecule has 144 valence electrons. The van der Waals surface area contributed by atoms with E-state index in [1.807, 2.05) is 12.2 Å². The largest absolute Gasteiger partial charge is 0.469 e. The van der Waals surface area contributed by atoms with E-state index in [9.17, 15) is 15.0 Å². The maximum atomic E-state index is 11.0. The lowest BCUT2D eigenvalue weighted by Crippen LogP contribution is -2.17. The summed E-state index contributed by atoms with van der Waals surface area (Å²) in [4.78, 5) is 11.0. The molecule has 0 aromatic carbocycles. The Morgan fingerprint density at radius 3 is 2.76 bits per heavy atom. The van der Waals surface area contributed by atoms with Crippen molar-refractivity contribution in [1.29, 1.82) is 0 Å². The van der Waals surface area contributed by atoms with E-state index in [4.69, 9.17) is 0 Å². The molecule has 2 N–H and O–H groups in total. The summed E-state index contributed by atoms with van der Waals surface area (Å²) < 4.78 is 4.62. The number of ether oxygens (including phenoxy) is 1. The second-order valence-electron chi connectivity index (χ2n) is 7.11. The van der Waals surface area contributed by atoms with Gasteiger partial charge in [-0.05, 0) is 44.4 Å². The van der Waals surface area contributed by atoms with Gasteiger partial charge in [-0.25, -0.2) is 0 Å². The van der Waals surface area contributed by atoms with E-state index in [1.54, 1.807) is 0 Å². The first kappa shape index (κ1) is 21.9. The van der Waals surface area contributed by atoms with Crippen LogP contribution in [0.3, 0.4) is 0 Å². The van der Waals surface area contributed by atoms with Crippen LogP contribution < -0.4 is 0 Å². The average Bonchev–Trinajstić information content (AvgIpc) is 2.96. The number of carbonyl (C=O) groups excluding carboxylic acids is 1. The van der Waals surface area contributed by atoms with Gasteiger partial charge in [0.1, 0.15) is 0 Å². The number of allylic oxidation sites excluding steroid dienone is 2. The Morgan fingerprint density at radius 2 is 2.04 bits per heavy atom. The smallest absolute Gasteiger partial charge is 0.305 e. The predicted molar refractivity (Wildman–Crippen MR) is 101 cm³/mol. The van der Waals surface area contributed by atoms with E-state index in [0.717, 1.165) is 57.8 Å². The summed E-state index contributed by atoms with van der Waals surface area (Å²) >= 11 is 0. The third-order valence-corrected chi connectivity index (χ3v) is 5.07. The Bertz CT molecular complexity index is 416. The van der Waals surface area contributed by atoms with E-state index >= 15 is 0 Å². The summed E-state index contributed by atoms with van der Waals surface area (Å²) in [5.74, 6) is 0.418. The first-order valence-corrected chi connectivity index (χ1v) is 9.84. The molecule has 1 rings (SSSR count). The van der Waals surface area contributed by atoms with Crippen LogP contribution in [0.5, 0.6) is 0 Å². The molecule has 0 aliphatic heterocycles. The Morgan fingerprint density at radius 1 is 1.24 bits per heavy atom. The molecule has 1 aliphatic carbocycles. The average molecular weight is 353 g/mol. The van der Waals surface area contributed by atoms with Gasteiger partial charge in [-0.2, -0.15) is 0 Å². The highest BCUT2D eigenvalue weighted by atomic mass is 16.5. The highest BCUT2D eigenvalue weighted by Crippen LogP contribution is 2.36. The van der Waals surface area contributed by atoms with Gasteiger partial charge in [0.25, 0.3) is 0 Å². The first-order chi connectivity index (χ1) is 12.1. The van der Waals surface area contributed by atoms with Crippen LogP contribution in [0.4, 0.5) is 0 Å². The van der Waals surface area contributed by atoms with Crippen molar-refractivity contribution in [2.24, 2.45) is 11.8 Å². The molecule has 0 aromatic rings. The topological polar surface area (TPSA) is 66.8 Å². The van der Waals surface area contributed by atoms with Gasteiger partial charge in [-0.15, -0.1) is 0 Å². The number of methoxy groups -OCH3 is 1. The highest BCUT2D eigenvalue weighted by molar-refractivity contribution is 5.69. The van der Waals surface area contributed by atoms with Gasteiger partial charge < -0.3 is 14.9 Å². The number of rotatable bonds is 12. The fraction of sp³-hybridized carbons (Fsp3) is 0.762. The van der Waals surface area contributed by atoms with Crippen molar-refractivity contribution >= 4 is 5.97 Å². The Kier molecular flexibility index (Phi) is 11.5. The van der Waals surface area contributed by atoms with Crippen molar-refractivity contribution in [1.82, 2.24) is 0 Å². The third kappa shape index (κ3) is 9.22. The predicted octanol–water partition coefficient (Wildman–Crippen LogP) is 4.16. The van der Waals surface area contributed by atoms with Crippen LogP contribution in [0.25, 0.3) is 0 Å². The van der Waals surface area contributed by atoms with Crippen molar-refractivity contribution in [3.05, 3.63) is 24.3 Å². The quantitative estimate of drug-likeness (QED) is 0.314. The normalized spacial score (nSPS) is 25.0. The minimum Gasteiger partial charge on any atom is -0.469 e. The van der Waals surface area contributed by atoms with Crippen LogP contribution in [-0.2, 0) is 9.53 Å². The van der Waals surface area contributed by atoms with Crippen LogP contribution in [-0.4, -0.2) is 35.5 Å². The zero-order valence-corrected chi connectivity index (χ0v) is 15.9. The summed E-state index contributed by atoms with van der Waals surface area (Å²) in [6.07, 6.45) is 16.6. The molecule has 2 unspecified atom stereocenters. The van der Waals surface area contributed by atoms with Crippen LogP contribution in [0.2, 0.25) is 0 Å². The maximum Gasteiger partial charge on any atom is 0.305 e. The summed E-state index contributed by atoms with van der Waals surface area (Å²) in [5.41, 5.74) is 0. The number of hydrogen-bond acceptors (Lipinski definition) is 4. The van der Waals surface area contributed by atoms with E-state index < -0.39 is 6.10 Å². The maximum absolute atomic E-state index is 11.0. The van der Waals surface area contributed by atoms with Crippen molar-refractivity contribution in [3.8, 4) is 0 Å². The Labute approximate surface area is 153 Å². The molecular weight excluding hydrogens is 316 g/mol. The van der Waals surface area contributed by atoms with Crippen molar-refractivity contribution in [3.63, 3.8) is 0 Å². The van der Waals surface area contributed by atoms with Gasteiger partial charge in [-0.1, -0.05) is 50.5 Å². The molecule has 4 heteroatoms. The molecule has 0 amide bonds. The second kappa shape index (κ2) is 13.1. The molecule has 1 fully saturated rings. The molecule has 0 radical (unpaired) electrons. The molecule has 25 heavy (non-hydrogen) atoms. The Balaban J connectivity index is 2.33. The molecule has 0 saturated heterocycles. The van der Waals surface area contributed by atoms with Crippen molar-refractivity contribution < 1.29 is 19.7 Å². The molecule has 4 nitrogen and oxygen atoms in total. The molecule has 4 atom stereocenters. The van der Waals surface area contributed by atoms with Gasteiger partial charge in [0.05, 0.1) is 19.3 Å². The highest BCUT2D eigenvalue weighted by Gasteiger charge is 2.32. The van der Waals surface area contributed by atoms with Crippen LogP contribution in [0.15, 0.2) is 24.3 Å². The standard InChI is InChI=1S/C21H36O4/c1-3-4-7-11-18(22)14-15-19-17(13-16-20(19)23)10-8-5-6-9-12-21(24)25-2/h5,8,14-15,17-20,22-23H,3-4,6-7,9-13,16H2,1-2H3/t17-,18?,19+,20?/m0/s1. The van der Waals surface area contributed by atoms with E-state index in [-0.39, 0.29) is 18.0 Å². The number of esters is 1. The fourth-order valence-electron chi connectivity index (χ4n) is 3.46.